The summed E-state index contributed by atoms with van der Waals surface area (Å²) in [6, 6.07) is 6.10. The van der Waals surface area contributed by atoms with Crippen molar-refractivity contribution in [2.24, 2.45) is 0 Å². The van der Waals surface area contributed by atoms with Gasteiger partial charge in [0, 0.05) is 4.47 Å². The Bertz CT molecular complexity index is 309. The van der Waals surface area contributed by atoms with E-state index < -0.39 is 8.32 Å². The van der Waals surface area contributed by atoms with Crippen LogP contribution in [0.25, 0.3) is 0 Å². The van der Waals surface area contributed by atoms with E-state index >= 15 is 0 Å². The summed E-state index contributed by atoms with van der Waals surface area (Å²) in [7, 11) is -1.47. The molecule has 0 saturated carbocycles. The van der Waals surface area contributed by atoms with Gasteiger partial charge >= 0.3 is 0 Å². The second kappa shape index (κ2) is 4.31. The summed E-state index contributed by atoms with van der Waals surface area (Å²) in [6.45, 7) is 6.56. The van der Waals surface area contributed by atoms with Gasteiger partial charge in [-0.15, -0.1) is 0 Å². The zero-order valence-corrected chi connectivity index (χ0v) is 12.6. The van der Waals surface area contributed by atoms with Crippen LogP contribution in [0.2, 0.25) is 19.6 Å². The number of rotatable bonds is 2. The van der Waals surface area contributed by atoms with Crippen LogP contribution in [-0.2, 0) is 0 Å². The van der Waals surface area contributed by atoms with Crippen LogP contribution in [0.15, 0.2) is 22.7 Å². The lowest BCUT2D eigenvalue weighted by molar-refractivity contribution is 0.553. The molecule has 0 radical (unpaired) electrons. The molecule has 0 amide bonds. The first-order valence-electron chi connectivity index (χ1n) is 4.02. The molecule has 13 heavy (non-hydrogen) atoms. The highest BCUT2D eigenvalue weighted by Gasteiger charge is 2.17. The Morgan fingerprint density at radius 2 is 1.92 bits per heavy atom. The molecule has 0 N–H and O–H groups in total. The summed E-state index contributed by atoms with van der Waals surface area (Å²) >= 11 is 5.72. The van der Waals surface area contributed by atoms with Gasteiger partial charge in [0.2, 0.25) is 8.32 Å². The lowest BCUT2D eigenvalue weighted by Gasteiger charge is -2.20. The van der Waals surface area contributed by atoms with Crippen LogP contribution in [0.4, 0.5) is 0 Å². The molecule has 1 aromatic carbocycles. The van der Waals surface area contributed by atoms with Crippen LogP contribution in [0.3, 0.4) is 0 Å². The van der Waals surface area contributed by atoms with E-state index in [2.05, 4.69) is 64.2 Å². The van der Waals surface area contributed by atoms with Crippen molar-refractivity contribution in [3.05, 3.63) is 26.2 Å². The molecule has 0 unspecified atom stereocenters. The van der Waals surface area contributed by atoms with Crippen molar-refractivity contribution < 1.29 is 4.43 Å². The monoisotopic (exact) mass is 370 g/mol. The maximum atomic E-state index is 5.90. The highest BCUT2D eigenvalue weighted by Crippen LogP contribution is 2.26. The quantitative estimate of drug-likeness (QED) is 0.558. The average molecular weight is 371 g/mol. The zero-order valence-electron chi connectivity index (χ0n) is 7.90. The van der Waals surface area contributed by atoms with Crippen molar-refractivity contribution in [2.45, 2.75) is 19.6 Å². The van der Waals surface area contributed by atoms with Crippen LogP contribution >= 0.6 is 38.5 Å². The lowest BCUT2D eigenvalue weighted by atomic mass is 10.3. The Labute approximate surface area is 102 Å². The SMILES string of the molecule is C[Si](C)(C)Oc1ccc(Br)cc1I. The smallest absolute Gasteiger partial charge is 0.242 e. The molecule has 1 nitrogen and oxygen atoms in total. The van der Waals surface area contributed by atoms with Crippen molar-refractivity contribution in [1.29, 1.82) is 0 Å². The molecule has 1 rings (SSSR count). The summed E-state index contributed by atoms with van der Waals surface area (Å²) in [5.41, 5.74) is 0. The van der Waals surface area contributed by atoms with Crippen molar-refractivity contribution in [1.82, 2.24) is 0 Å². The average Bonchev–Trinajstić information content (AvgIpc) is 1.93. The second-order valence-corrected chi connectivity index (χ2v) is 10.3. The van der Waals surface area contributed by atoms with Crippen molar-refractivity contribution in [2.75, 3.05) is 0 Å². The maximum absolute atomic E-state index is 5.90. The number of hydrogen-bond donors (Lipinski definition) is 0. The van der Waals surface area contributed by atoms with Crippen LogP contribution in [0.5, 0.6) is 5.75 Å². The zero-order chi connectivity index (χ0) is 10.1. The molecule has 4 heteroatoms. The third kappa shape index (κ3) is 3.99. The van der Waals surface area contributed by atoms with Gasteiger partial charge in [0.1, 0.15) is 5.75 Å². The Balaban J connectivity index is 2.90. The molecular formula is C9H12BrIOSi. The fraction of sp³-hybridized carbons (Fsp3) is 0.333. The van der Waals surface area contributed by atoms with Gasteiger partial charge < -0.3 is 4.43 Å². The van der Waals surface area contributed by atoms with Crippen LogP contribution < -0.4 is 4.43 Å². The molecule has 0 fully saturated rings. The van der Waals surface area contributed by atoms with E-state index in [0.717, 1.165) is 13.8 Å². The fourth-order valence-electron chi connectivity index (χ4n) is 0.888. The van der Waals surface area contributed by atoms with E-state index in [1.807, 2.05) is 12.1 Å². The topological polar surface area (TPSA) is 9.23 Å². The molecular weight excluding hydrogens is 359 g/mol. The minimum absolute atomic E-state index is 1.00. The maximum Gasteiger partial charge on any atom is 0.242 e. The molecule has 0 aromatic heterocycles. The first-order chi connectivity index (χ1) is 5.88. The van der Waals surface area contributed by atoms with Crippen molar-refractivity contribution >= 4 is 46.8 Å². The van der Waals surface area contributed by atoms with Gasteiger partial charge in [-0.2, -0.15) is 0 Å². The van der Waals surface area contributed by atoms with Crippen LogP contribution in [-0.4, -0.2) is 8.32 Å². The molecule has 0 atom stereocenters. The van der Waals surface area contributed by atoms with Gasteiger partial charge in [-0.25, -0.2) is 0 Å². The van der Waals surface area contributed by atoms with E-state index in [-0.39, 0.29) is 0 Å². The summed E-state index contributed by atoms with van der Waals surface area (Å²) in [4.78, 5) is 0. The summed E-state index contributed by atoms with van der Waals surface area (Å²) in [5, 5.41) is 0. The summed E-state index contributed by atoms with van der Waals surface area (Å²) < 4.78 is 8.16. The van der Waals surface area contributed by atoms with E-state index in [0.29, 0.717) is 0 Å². The Hall–Kier alpha value is 0.447. The normalized spacial score (nSPS) is 11.5. The Kier molecular flexibility index (Phi) is 3.82. The minimum Gasteiger partial charge on any atom is -0.544 e. The largest absolute Gasteiger partial charge is 0.544 e. The summed E-state index contributed by atoms with van der Waals surface area (Å²) in [5.74, 6) is 1.00. The lowest BCUT2D eigenvalue weighted by Crippen LogP contribution is -2.29. The van der Waals surface area contributed by atoms with Gasteiger partial charge in [0.05, 0.1) is 3.57 Å². The predicted octanol–water partition coefficient (Wildman–Crippen LogP) is 4.27. The highest BCUT2D eigenvalue weighted by molar-refractivity contribution is 14.1. The molecule has 1 aromatic rings. The predicted molar refractivity (Wildman–Crippen MR) is 70.8 cm³/mol. The third-order valence-electron chi connectivity index (χ3n) is 1.31. The molecule has 0 aliphatic heterocycles. The molecule has 0 saturated heterocycles. The summed E-state index contributed by atoms with van der Waals surface area (Å²) in [6.07, 6.45) is 0. The van der Waals surface area contributed by atoms with E-state index in [1.54, 1.807) is 0 Å². The van der Waals surface area contributed by atoms with Crippen molar-refractivity contribution in [3.8, 4) is 5.75 Å². The molecule has 0 aliphatic carbocycles. The van der Waals surface area contributed by atoms with E-state index in [1.165, 1.54) is 0 Å². The molecule has 0 heterocycles. The van der Waals surface area contributed by atoms with Gasteiger partial charge in [0.15, 0.2) is 0 Å². The Morgan fingerprint density at radius 1 is 1.31 bits per heavy atom. The third-order valence-corrected chi connectivity index (χ3v) is 3.48. The molecule has 0 spiro atoms. The van der Waals surface area contributed by atoms with Gasteiger partial charge in [-0.1, -0.05) is 15.9 Å². The number of halogens is 2. The van der Waals surface area contributed by atoms with Gasteiger partial charge in [0.25, 0.3) is 0 Å². The highest BCUT2D eigenvalue weighted by atomic mass is 127. The second-order valence-electron chi connectivity index (χ2n) is 3.79. The van der Waals surface area contributed by atoms with Crippen molar-refractivity contribution in [3.63, 3.8) is 0 Å². The van der Waals surface area contributed by atoms with E-state index in [4.69, 9.17) is 4.43 Å². The number of benzene rings is 1. The van der Waals surface area contributed by atoms with Gasteiger partial charge in [-0.3, -0.25) is 0 Å². The van der Waals surface area contributed by atoms with Crippen LogP contribution in [0, 0.1) is 3.57 Å². The first kappa shape index (κ1) is 11.5. The van der Waals surface area contributed by atoms with E-state index in [9.17, 15) is 0 Å². The minimum atomic E-state index is -1.47. The molecule has 0 aliphatic rings. The number of hydrogen-bond acceptors (Lipinski definition) is 1. The molecule has 72 valence electrons. The fourth-order valence-corrected chi connectivity index (χ4v) is 3.35. The molecule has 0 bridgehead atoms. The standard InChI is InChI=1S/C9H12BrIOSi/c1-13(2,3)12-9-5-4-7(10)6-8(9)11/h4-6H,1-3H3. The first-order valence-corrected chi connectivity index (χ1v) is 9.30. The van der Waals surface area contributed by atoms with Crippen LogP contribution in [0.1, 0.15) is 0 Å². The van der Waals surface area contributed by atoms with Gasteiger partial charge in [-0.05, 0) is 60.4 Å². The Morgan fingerprint density at radius 3 is 2.38 bits per heavy atom.